The van der Waals surface area contributed by atoms with Gasteiger partial charge in [0.15, 0.2) is 5.78 Å². The maximum absolute atomic E-state index is 11.4. The Morgan fingerprint density at radius 3 is 2.82 bits per heavy atom. The molecule has 0 N–H and O–H groups in total. The summed E-state index contributed by atoms with van der Waals surface area (Å²) in [4.78, 5) is 11.4. The monoisotopic (exact) mass is 150 g/mol. The van der Waals surface area contributed by atoms with Crippen molar-refractivity contribution < 1.29 is 4.79 Å². The van der Waals surface area contributed by atoms with Crippen molar-refractivity contribution in [2.75, 3.05) is 0 Å². The first-order chi connectivity index (χ1) is 5.29. The molecule has 2 aliphatic carbocycles. The van der Waals surface area contributed by atoms with Crippen molar-refractivity contribution in [3.05, 3.63) is 11.1 Å². The highest BCUT2D eigenvalue weighted by Gasteiger charge is 2.28. The third kappa shape index (κ3) is 1.03. The van der Waals surface area contributed by atoms with Crippen LogP contribution in [0.15, 0.2) is 11.1 Å². The van der Waals surface area contributed by atoms with Crippen molar-refractivity contribution in [1.82, 2.24) is 0 Å². The fraction of sp³-hybridized carbons (Fsp3) is 0.700. The van der Waals surface area contributed by atoms with Crippen LogP contribution in [-0.4, -0.2) is 5.78 Å². The molecule has 0 aliphatic heterocycles. The molecule has 2 rings (SSSR count). The maximum atomic E-state index is 11.4. The first kappa shape index (κ1) is 7.08. The van der Waals surface area contributed by atoms with Gasteiger partial charge in [-0.1, -0.05) is 12.5 Å². The number of allylic oxidation sites excluding steroid dienone is 2. The Balaban J connectivity index is 2.33. The molecule has 0 saturated heterocycles. The lowest BCUT2D eigenvalue weighted by atomic mass is 9.90. The van der Waals surface area contributed by atoms with E-state index in [1.807, 2.05) is 0 Å². The van der Waals surface area contributed by atoms with E-state index < -0.39 is 0 Å². The fourth-order valence-electron chi connectivity index (χ4n) is 2.30. The third-order valence-corrected chi connectivity index (χ3v) is 3.00. The van der Waals surface area contributed by atoms with Crippen LogP contribution in [0.5, 0.6) is 0 Å². The lowest BCUT2D eigenvalue weighted by molar-refractivity contribution is -0.116. The molecule has 60 valence electrons. The van der Waals surface area contributed by atoms with Crippen molar-refractivity contribution in [3.8, 4) is 0 Å². The summed E-state index contributed by atoms with van der Waals surface area (Å²) in [6.07, 6.45) is 5.39. The largest absolute Gasteiger partial charge is 0.295 e. The van der Waals surface area contributed by atoms with Gasteiger partial charge in [-0.05, 0) is 37.2 Å². The van der Waals surface area contributed by atoms with Crippen LogP contribution in [0, 0.1) is 5.92 Å². The Morgan fingerprint density at radius 1 is 1.27 bits per heavy atom. The Hall–Kier alpha value is -0.590. The van der Waals surface area contributed by atoms with E-state index in [0.717, 1.165) is 19.3 Å². The molecule has 0 amide bonds. The molecule has 0 saturated carbocycles. The highest BCUT2D eigenvalue weighted by Crippen LogP contribution is 2.38. The quantitative estimate of drug-likeness (QED) is 0.518. The summed E-state index contributed by atoms with van der Waals surface area (Å²) in [5.74, 6) is 1.14. The van der Waals surface area contributed by atoms with E-state index in [4.69, 9.17) is 0 Å². The minimum absolute atomic E-state index is 0.440. The van der Waals surface area contributed by atoms with Crippen LogP contribution in [-0.2, 0) is 4.79 Å². The van der Waals surface area contributed by atoms with Crippen molar-refractivity contribution in [1.29, 1.82) is 0 Å². The summed E-state index contributed by atoms with van der Waals surface area (Å²) in [6, 6.07) is 0. The Morgan fingerprint density at radius 2 is 2.09 bits per heavy atom. The molecule has 2 aliphatic rings. The van der Waals surface area contributed by atoms with Gasteiger partial charge in [-0.25, -0.2) is 0 Å². The van der Waals surface area contributed by atoms with Gasteiger partial charge >= 0.3 is 0 Å². The topological polar surface area (TPSA) is 17.1 Å². The molecule has 0 bridgehead atoms. The van der Waals surface area contributed by atoms with Gasteiger partial charge in [0, 0.05) is 6.42 Å². The molecule has 1 unspecified atom stereocenters. The van der Waals surface area contributed by atoms with E-state index in [2.05, 4.69) is 6.92 Å². The highest BCUT2D eigenvalue weighted by molar-refractivity contribution is 5.97. The molecule has 1 atom stereocenters. The Bertz CT molecular complexity index is 225. The summed E-state index contributed by atoms with van der Waals surface area (Å²) in [5.41, 5.74) is 2.69. The second kappa shape index (κ2) is 2.47. The van der Waals surface area contributed by atoms with Crippen LogP contribution in [0.1, 0.15) is 39.0 Å². The zero-order valence-corrected chi connectivity index (χ0v) is 7.02. The van der Waals surface area contributed by atoms with Crippen molar-refractivity contribution in [3.63, 3.8) is 0 Å². The SMILES string of the molecule is CC1CCC2=C1CCCC2=O. The lowest BCUT2D eigenvalue weighted by Gasteiger charge is -2.15. The van der Waals surface area contributed by atoms with Gasteiger partial charge in [-0.2, -0.15) is 0 Å². The first-order valence-electron chi connectivity index (χ1n) is 4.54. The number of carbonyl (C=O) groups excluding carboxylic acids is 1. The van der Waals surface area contributed by atoms with Crippen LogP contribution in [0.3, 0.4) is 0 Å². The summed E-state index contributed by atoms with van der Waals surface area (Å²) in [5, 5.41) is 0. The zero-order valence-electron chi connectivity index (χ0n) is 7.02. The number of rotatable bonds is 0. The van der Waals surface area contributed by atoms with Gasteiger partial charge in [0.2, 0.25) is 0 Å². The second-order valence-electron chi connectivity index (χ2n) is 3.72. The number of hydrogen-bond donors (Lipinski definition) is 0. The molecule has 1 heteroatoms. The van der Waals surface area contributed by atoms with E-state index in [1.165, 1.54) is 24.0 Å². The predicted octanol–water partition coefficient (Wildman–Crippen LogP) is 2.47. The molecule has 0 radical (unpaired) electrons. The lowest BCUT2D eigenvalue weighted by Crippen LogP contribution is -2.09. The van der Waals surface area contributed by atoms with Crippen LogP contribution >= 0.6 is 0 Å². The van der Waals surface area contributed by atoms with Gasteiger partial charge in [-0.15, -0.1) is 0 Å². The van der Waals surface area contributed by atoms with Crippen LogP contribution in [0.4, 0.5) is 0 Å². The minimum atomic E-state index is 0.440. The molecule has 11 heavy (non-hydrogen) atoms. The highest BCUT2D eigenvalue weighted by atomic mass is 16.1. The van der Waals surface area contributed by atoms with Crippen LogP contribution < -0.4 is 0 Å². The molecule has 0 fully saturated rings. The first-order valence-corrected chi connectivity index (χ1v) is 4.54. The van der Waals surface area contributed by atoms with Gasteiger partial charge in [0.25, 0.3) is 0 Å². The maximum Gasteiger partial charge on any atom is 0.158 e. The Labute approximate surface area is 67.5 Å². The van der Waals surface area contributed by atoms with Crippen molar-refractivity contribution in [2.24, 2.45) is 5.92 Å². The van der Waals surface area contributed by atoms with E-state index in [-0.39, 0.29) is 0 Å². The summed E-state index contributed by atoms with van der Waals surface area (Å²) < 4.78 is 0. The molecule has 0 aromatic heterocycles. The smallest absolute Gasteiger partial charge is 0.158 e. The van der Waals surface area contributed by atoms with E-state index in [0.29, 0.717) is 11.7 Å². The summed E-state index contributed by atoms with van der Waals surface area (Å²) >= 11 is 0. The molecule has 0 heterocycles. The Kier molecular flexibility index (Phi) is 1.59. The minimum Gasteiger partial charge on any atom is -0.295 e. The molecular formula is C10H14O. The normalized spacial score (nSPS) is 31.0. The number of Topliss-reactive ketones (excluding diaryl/α,β-unsaturated/α-hetero) is 1. The molecule has 0 aromatic rings. The molecule has 0 aromatic carbocycles. The zero-order chi connectivity index (χ0) is 7.84. The van der Waals surface area contributed by atoms with Crippen molar-refractivity contribution in [2.45, 2.75) is 39.0 Å². The van der Waals surface area contributed by atoms with Gasteiger partial charge in [0.05, 0.1) is 0 Å². The van der Waals surface area contributed by atoms with Gasteiger partial charge < -0.3 is 0 Å². The second-order valence-corrected chi connectivity index (χ2v) is 3.72. The summed E-state index contributed by atoms with van der Waals surface area (Å²) in [7, 11) is 0. The van der Waals surface area contributed by atoms with Gasteiger partial charge in [0.1, 0.15) is 0 Å². The van der Waals surface area contributed by atoms with Crippen LogP contribution in [0.25, 0.3) is 0 Å². The number of ketones is 1. The average Bonchev–Trinajstić information content (AvgIpc) is 2.35. The number of carbonyl (C=O) groups is 1. The molecule has 0 spiro atoms. The molecular weight excluding hydrogens is 136 g/mol. The van der Waals surface area contributed by atoms with Gasteiger partial charge in [-0.3, -0.25) is 4.79 Å². The van der Waals surface area contributed by atoms with Crippen molar-refractivity contribution >= 4 is 5.78 Å². The van der Waals surface area contributed by atoms with E-state index in [9.17, 15) is 4.79 Å². The average molecular weight is 150 g/mol. The van der Waals surface area contributed by atoms with E-state index >= 15 is 0 Å². The predicted molar refractivity (Wildman–Crippen MR) is 44.3 cm³/mol. The molecule has 1 nitrogen and oxygen atoms in total. The standard InChI is InChI=1S/C10H14O/c1-7-5-6-9-8(7)3-2-4-10(9)11/h7H,2-6H2,1H3. The summed E-state index contributed by atoms with van der Waals surface area (Å²) in [6.45, 7) is 2.25. The van der Waals surface area contributed by atoms with Crippen LogP contribution in [0.2, 0.25) is 0 Å². The number of hydrogen-bond acceptors (Lipinski definition) is 1. The van der Waals surface area contributed by atoms with E-state index in [1.54, 1.807) is 0 Å². The third-order valence-electron chi connectivity index (χ3n) is 3.00. The fourth-order valence-corrected chi connectivity index (χ4v) is 2.30.